The van der Waals surface area contributed by atoms with Crippen molar-refractivity contribution in [3.05, 3.63) is 34.9 Å². The van der Waals surface area contributed by atoms with E-state index < -0.39 is 35.0 Å². The van der Waals surface area contributed by atoms with Gasteiger partial charge in [0.2, 0.25) is 5.91 Å². The zero-order valence-corrected chi connectivity index (χ0v) is 10.4. The summed E-state index contributed by atoms with van der Waals surface area (Å²) in [5.74, 6) is -1.36. The van der Waals surface area contributed by atoms with Crippen molar-refractivity contribution in [2.24, 2.45) is 5.73 Å². The van der Waals surface area contributed by atoms with Crippen molar-refractivity contribution in [1.82, 2.24) is 0 Å². The van der Waals surface area contributed by atoms with Crippen molar-refractivity contribution < 1.29 is 31.1 Å². The average molecular weight is 330 g/mol. The Balaban J connectivity index is 0. The summed E-state index contributed by atoms with van der Waals surface area (Å²) in [7, 11) is 0. The van der Waals surface area contributed by atoms with Crippen LogP contribution in [0.4, 0.5) is 26.3 Å². The van der Waals surface area contributed by atoms with Crippen LogP contribution in [0, 0.1) is 0 Å². The van der Waals surface area contributed by atoms with Crippen LogP contribution in [0.3, 0.4) is 0 Å². The van der Waals surface area contributed by atoms with E-state index in [4.69, 9.17) is 0 Å². The summed E-state index contributed by atoms with van der Waals surface area (Å²) >= 11 is 0. The maximum Gasteiger partial charge on any atom is 0.416 e. The van der Waals surface area contributed by atoms with Crippen molar-refractivity contribution in [3.63, 3.8) is 0 Å². The normalized spacial score (nSPS) is 11.3. The van der Waals surface area contributed by atoms with Crippen LogP contribution in [0.25, 0.3) is 0 Å². The third kappa shape index (κ3) is 5.15. The van der Waals surface area contributed by atoms with Gasteiger partial charge in [-0.3, -0.25) is 4.79 Å². The smallest absolute Gasteiger partial charge is 0.366 e. The van der Waals surface area contributed by atoms with Gasteiger partial charge in [-0.1, -0.05) is 0 Å². The van der Waals surface area contributed by atoms with Crippen LogP contribution in [0.2, 0.25) is 0 Å². The van der Waals surface area contributed by atoms with Crippen LogP contribution >= 0.6 is 24.8 Å². The van der Waals surface area contributed by atoms with Gasteiger partial charge in [0.25, 0.3) is 0 Å². The van der Waals surface area contributed by atoms with Gasteiger partial charge in [-0.25, -0.2) is 0 Å². The first-order valence-corrected chi connectivity index (χ1v) is 4.11. The molecule has 0 saturated carbocycles. The molecule has 0 aromatic heterocycles. The van der Waals surface area contributed by atoms with Crippen LogP contribution < -0.4 is 5.73 Å². The molecule has 0 heterocycles. The van der Waals surface area contributed by atoms with E-state index >= 15 is 0 Å². The molecule has 10 heteroatoms. The molecule has 0 unspecified atom stereocenters. The van der Waals surface area contributed by atoms with E-state index in [9.17, 15) is 31.1 Å². The molecular weight excluding hydrogens is 323 g/mol. The summed E-state index contributed by atoms with van der Waals surface area (Å²) in [4.78, 5) is 10.6. The van der Waals surface area contributed by atoms with E-state index in [1.165, 1.54) is 0 Å². The fourth-order valence-electron chi connectivity index (χ4n) is 1.10. The highest BCUT2D eigenvalue weighted by Crippen LogP contribution is 2.36. The number of carbonyl (C=O) groups excluding carboxylic acids is 1. The number of primary amides is 1. The molecule has 0 saturated heterocycles. The molecular formula is C9H7Cl2F6NO. The summed E-state index contributed by atoms with van der Waals surface area (Å²) in [6.45, 7) is 0. The lowest BCUT2D eigenvalue weighted by Crippen LogP contribution is -2.17. The van der Waals surface area contributed by atoms with E-state index in [2.05, 4.69) is 5.73 Å². The van der Waals surface area contributed by atoms with Gasteiger partial charge in [0.1, 0.15) is 0 Å². The van der Waals surface area contributed by atoms with Crippen LogP contribution in [-0.4, -0.2) is 5.91 Å². The van der Waals surface area contributed by atoms with Gasteiger partial charge in [0.05, 0.1) is 11.1 Å². The van der Waals surface area contributed by atoms with Gasteiger partial charge in [0, 0.05) is 5.56 Å². The van der Waals surface area contributed by atoms with E-state index in [1.807, 2.05) is 0 Å². The summed E-state index contributed by atoms with van der Waals surface area (Å²) in [5, 5.41) is 0. The molecule has 19 heavy (non-hydrogen) atoms. The number of nitrogens with two attached hydrogens (primary N) is 1. The molecule has 0 bridgehead atoms. The van der Waals surface area contributed by atoms with Crippen molar-refractivity contribution in [1.29, 1.82) is 0 Å². The second kappa shape index (κ2) is 6.33. The standard InChI is InChI=1S/C9H5F6NO.2ClH/c10-8(11,12)5-1-4(7(16)17)2-6(3-5)9(13,14)15;;/h1-3H,(H2,16,17);2*1H. The SMILES string of the molecule is Cl.Cl.NC(=O)c1cc(C(F)(F)F)cc(C(F)(F)F)c1. The number of rotatable bonds is 1. The van der Waals surface area contributed by atoms with Gasteiger partial charge in [0.15, 0.2) is 0 Å². The Bertz CT molecular complexity index is 425. The van der Waals surface area contributed by atoms with Crippen LogP contribution in [0.1, 0.15) is 21.5 Å². The Labute approximate surface area is 115 Å². The number of hydrogen-bond acceptors (Lipinski definition) is 1. The van der Waals surface area contributed by atoms with E-state index in [1.54, 1.807) is 0 Å². The minimum Gasteiger partial charge on any atom is -0.366 e. The minimum absolute atomic E-state index is 0. The highest BCUT2D eigenvalue weighted by Gasteiger charge is 2.37. The van der Waals surface area contributed by atoms with Gasteiger partial charge < -0.3 is 5.73 Å². The molecule has 0 spiro atoms. The lowest BCUT2D eigenvalue weighted by Gasteiger charge is -2.12. The van der Waals surface area contributed by atoms with Crippen molar-refractivity contribution in [3.8, 4) is 0 Å². The minimum atomic E-state index is -4.98. The molecule has 0 radical (unpaired) electrons. The predicted octanol–water partition coefficient (Wildman–Crippen LogP) is 3.67. The van der Waals surface area contributed by atoms with Crippen LogP contribution in [0.15, 0.2) is 18.2 Å². The maximum atomic E-state index is 12.3. The van der Waals surface area contributed by atoms with E-state index in [0.717, 1.165) is 0 Å². The number of amides is 1. The first-order chi connectivity index (χ1) is 7.51. The molecule has 1 aromatic carbocycles. The third-order valence-electron chi connectivity index (χ3n) is 1.87. The predicted molar refractivity (Wildman–Crippen MR) is 59.5 cm³/mol. The maximum absolute atomic E-state index is 12.3. The van der Waals surface area contributed by atoms with Gasteiger partial charge >= 0.3 is 12.4 Å². The Hall–Kier alpha value is -1.15. The van der Waals surface area contributed by atoms with Crippen LogP contribution in [0.5, 0.6) is 0 Å². The summed E-state index contributed by atoms with van der Waals surface area (Å²) < 4.78 is 73.7. The summed E-state index contributed by atoms with van der Waals surface area (Å²) in [6, 6.07) is 0.474. The van der Waals surface area contributed by atoms with E-state index in [0.29, 0.717) is 0 Å². The molecule has 2 nitrogen and oxygen atoms in total. The monoisotopic (exact) mass is 329 g/mol. The quantitative estimate of drug-likeness (QED) is 0.785. The third-order valence-corrected chi connectivity index (χ3v) is 1.87. The zero-order chi connectivity index (χ0) is 13.4. The van der Waals surface area contributed by atoms with Crippen molar-refractivity contribution in [2.45, 2.75) is 12.4 Å². The zero-order valence-electron chi connectivity index (χ0n) is 8.80. The first kappa shape index (κ1) is 20.2. The largest absolute Gasteiger partial charge is 0.416 e. The van der Waals surface area contributed by atoms with E-state index in [-0.39, 0.29) is 43.0 Å². The molecule has 2 N–H and O–H groups in total. The van der Waals surface area contributed by atoms with Gasteiger partial charge in [-0.2, -0.15) is 26.3 Å². The molecule has 1 amide bonds. The first-order valence-electron chi connectivity index (χ1n) is 4.11. The number of carbonyl (C=O) groups is 1. The second-order valence-corrected chi connectivity index (χ2v) is 3.16. The molecule has 0 aliphatic heterocycles. The fourth-order valence-corrected chi connectivity index (χ4v) is 1.10. The van der Waals surface area contributed by atoms with Crippen LogP contribution in [-0.2, 0) is 12.4 Å². The van der Waals surface area contributed by atoms with Crippen molar-refractivity contribution in [2.75, 3.05) is 0 Å². The van der Waals surface area contributed by atoms with Gasteiger partial charge in [-0.15, -0.1) is 24.8 Å². The topological polar surface area (TPSA) is 43.1 Å². The molecule has 0 aliphatic carbocycles. The molecule has 0 aliphatic rings. The van der Waals surface area contributed by atoms with Crippen molar-refractivity contribution >= 4 is 30.7 Å². The number of benzene rings is 1. The fraction of sp³-hybridized carbons (Fsp3) is 0.222. The number of hydrogen-bond donors (Lipinski definition) is 1. The lowest BCUT2D eigenvalue weighted by molar-refractivity contribution is -0.143. The summed E-state index contributed by atoms with van der Waals surface area (Å²) in [5.41, 5.74) is 0.687. The molecule has 0 atom stereocenters. The molecule has 110 valence electrons. The number of halogens is 8. The molecule has 1 aromatic rings. The molecule has 0 fully saturated rings. The van der Waals surface area contributed by atoms with Gasteiger partial charge in [-0.05, 0) is 18.2 Å². The second-order valence-electron chi connectivity index (χ2n) is 3.16. The number of alkyl halides is 6. The highest BCUT2D eigenvalue weighted by atomic mass is 35.5. The Morgan fingerprint density at radius 1 is 0.842 bits per heavy atom. The summed E-state index contributed by atoms with van der Waals surface area (Å²) in [6.07, 6.45) is -9.96. The Morgan fingerprint density at radius 3 is 1.37 bits per heavy atom. The Kier molecular flexibility index (Phi) is 6.73. The lowest BCUT2D eigenvalue weighted by atomic mass is 10.0. The Morgan fingerprint density at radius 2 is 1.16 bits per heavy atom. The average Bonchev–Trinajstić information content (AvgIpc) is 2.14. The highest BCUT2D eigenvalue weighted by molar-refractivity contribution is 5.93. The molecule has 1 rings (SSSR count).